The molecule has 0 aromatic heterocycles. The Morgan fingerprint density at radius 3 is 1.79 bits per heavy atom. The Morgan fingerprint density at radius 2 is 1.38 bits per heavy atom. The standard InChI is InChI=1S/C29H44O5/c1-8-29(9-2,23-11-13-26(21(4)17-23)34-24(18-31)14-15-30)22-10-12-25(20(3)16-22)33-19-27(32)28(5,6)7/h10-13,16-17,24,27,30-32H,8-9,14-15,18-19H2,1-7H3/t24-,27-/m0/s1. The van der Waals surface area contributed by atoms with Crippen LogP contribution in [0, 0.1) is 19.3 Å². The predicted octanol–water partition coefficient (Wildman–Crippen LogP) is 5.32. The molecule has 2 atom stereocenters. The van der Waals surface area contributed by atoms with Gasteiger partial charge in [0.25, 0.3) is 0 Å². The number of aryl methyl sites for hydroxylation is 2. The molecule has 0 unspecified atom stereocenters. The molecule has 190 valence electrons. The molecule has 0 aliphatic rings. The Kier molecular flexibility index (Phi) is 9.98. The lowest BCUT2D eigenvalue weighted by Crippen LogP contribution is -2.32. The second kappa shape index (κ2) is 12.1. The highest BCUT2D eigenvalue weighted by atomic mass is 16.5. The molecule has 0 bridgehead atoms. The molecule has 2 aromatic carbocycles. The summed E-state index contributed by atoms with van der Waals surface area (Å²) in [4.78, 5) is 0. The zero-order chi connectivity index (χ0) is 25.5. The fourth-order valence-corrected chi connectivity index (χ4v) is 4.35. The molecule has 5 heteroatoms. The van der Waals surface area contributed by atoms with E-state index in [1.807, 2.05) is 39.8 Å². The maximum absolute atomic E-state index is 10.3. The van der Waals surface area contributed by atoms with Gasteiger partial charge in [0, 0.05) is 18.4 Å². The van der Waals surface area contributed by atoms with E-state index in [-0.39, 0.29) is 30.7 Å². The van der Waals surface area contributed by atoms with Gasteiger partial charge >= 0.3 is 0 Å². The van der Waals surface area contributed by atoms with Crippen molar-refractivity contribution >= 4 is 0 Å². The molecule has 34 heavy (non-hydrogen) atoms. The fraction of sp³-hybridized carbons (Fsp3) is 0.586. The molecule has 0 saturated heterocycles. The summed E-state index contributed by atoms with van der Waals surface area (Å²) in [6.07, 6.45) is 1.32. The minimum absolute atomic E-state index is 0.0225. The molecule has 2 rings (SSSR count). The molecule has 0 aliphatic heterocycles. The van der Waals surface area contributed by atoms with Gasteiger partial charge in [0.2, 0.25) is 0 Å². The summed E-state index contributed by atoms with van der Waals surface area (Å²) < 4.78 is 11.9. The normalized spacial score (nSPS) is 14.1. The quantitative estimate of drug-likeness (QED) is 0.390. The summed E-state index contributed by atoms with van der Waals surface area (Å²) in [5.41, 5.74) is 4.14. The summed E-state index contributed by atoms with van der Waals surface area (Å²) in [6.45, 7) is 14.6. The molecule has 2 aromatic rings. The molecule has 0 saturated carbocycles. The van der Waals surface area contributed by atoms with Gasteiger partial charge in [0.15, 0.2) is 0 Å². The van der Waals surface area contributed by atoms with E-state index in [2.05, 4.69) is 45.0 Å². The van der Waals surface area contributed by atoms with Crippen molar-refractivity contribution < 1.29 is 24.8 Å². The van der Waals surface area contributed by atoms with E-state index in [1.54, 1.807) is 0 Å². The van der Waals surface area contributed by atoms with Crippen LogP contribution in [0.3, 0.4) is 0 Å². The average molecular weight is 473 g/mol. The smallest absolute Gasteiger partial charge is 0.124 e. The highest BCUT2D eigenvalue weighted by molar-refractivity contribution is 5.48. The predicted molar refractivity (Wildman–Crippen MR) is 138 cm³/mol. The van der Waals surface area contributed by atoms with Gasteiger partial charge in [-0.2, -0.15) is 0 Å². The monoisotopic (exact) mass is 472 g/mol. The van der Waals surface area contributed by atoms with Crippen molar-refractivity contribution in [2.75, 3.05) is 19.8 Å². The molecule has 3 N–H and O–H groups in total. The fourth-order valence-electron chi connectivity index (χ4n) is 4.35. The molecule has 0 radical (unpaired) electrons. The van der Waals surface area contributed by atoms with Crippen LogP contribution in [-0.4, -0.2) is 47.3 Å². The molecular formula is C29H44O5. The lowest BCUT2D eigenvalue weighted by Gasteiger charge is -2.34. The van der Waals surface area contributed by atoms with Gasteiger partial charge in [0.1, 0.15) is 24.2 Å². The summed E-state index contributed by atoms with van der Waals surface area (Å²) in [6, 6.07) is 12.6. The van der Waals surface area contributed by atoms with E-state index in [9.17, 15) is 15.3 Å². The maximum atomic E-state index is 10.3. The lowest BCUT2D eigenvalue weighted by molar-refractivity contribution is 0.0216. The molecule has 0 aliphatic carbocycles. The zero-order valence-electron chi connectivity index (χ0n) is 22.0. The van der Waals surface area contributed by atoms with Crippen LogP contribution >= 0.6 is 0 Å². The summed E-state index contributed by atoms with van der Waals surface area (Å²) in [7, 11) is 0. The van der Waals surface area contributed by atoms with Crippen LogP contribution in [0.4, 0.5) is 0 Å². The van der Waals surface area contributed by atoms with Crippen molar-refractivity contribution in [2.45, 2.75) is 85.4 Å². The number of benzene rings is 2. The third-order valence-electron chi connectivity index (χ3n) is 7.01. The van der Waals surface area contributed by atoms with Crippen LogP contribution in [0.25, 0.3) is 0 Å². The van der Waals surface area contributed by atoms with Gasteiger partial charge in [0.05, 0.1) is 12.7 Å². The highest BCUT2D eigenvalue weighted by Crippen LogP contribution is 2.41. The molecule has 0 heterocycles. The topological polar surface area (TPSA) is 79.2 Å². The van der Waals surface area contributed by atoms with Gasteiger partial charge in [-0.05, 0) is 66.5 Å². The van der Waals surface area contributed by atoms with Crippen molar-refractivity contribution in [1.29, 1.82) is 0 Å². The second-order valence-electron chi connectivity index (χ2n) is 10.4. The van der Waals surface area contributed by atoms with Crippen LogP contribution in [-0.2, 0) is 5.41 Å². The minimum Gasteiger partial charge on any atom is -0.491 e. The average Bonchev–Trinajstić information content (AvgIpc) is 2.80. The highest BCUT2D eigenvalue weighted by Gasteiger charge is 2.32. The van der Waals surface area contributed by atoms with Crippen LogP contribution < -0.4 is 9.47 Å². The van der Waals surface area contributed by atoms with Crippen molar-refractivity contribution in [3.63, 3.8) is 0 Å². The molecule has 0 amide bonds. The first-order valence-corrected chi connectivity index (χ1v) is 12.4. The number of rotatable bonds is 12. The van der Waals surface area contributed by atoms with Crippen molar-refractivity contribution in [3.8, 4) is 11.5 Å². The molecule has 5 nitrogen and oxygen atoms in total. The summed E-state index contributed by atoms with van der Waals surface area (Å²) >= 11 is 0. The largest absolute Gasteiger partial charge is 0.491 e. The van der Waals surface area contributed by atoms with E-state index in [1.165, 1.54) is 11.1 Å². The van der Waals surface area contributed by atoms with Gasteiger partial charge in [-0.15, -0.1) is 0 Å². The number of hydrogen-bond donors (Lipinski definition) is 3. The van der Waals surface area contributed by atoms with E-state index >= 15 is 0 Å². The number of aliphatic hydroxyl groups is 3. The van der Waals surface area contributed by atoms with Crippen molar-refractivity contribution in [3.05, 3.63) is 58.7 Å². The van der Waals surface area contributed by atoms with Crippen LogP contribution in [0.1, 0.15) is 76.1 Å². The Balaban J connectivity index is 2.33. The number of aliphatic hydroxyl groups excluding tert-OH is 3. The Bertz CT molecular complexity index is 911. The Hall–Kier alpha value is -2.08. The van der Waals surface area contributed by atoms with Crippen molar-refractivity contribution in [1.82, 2.24) is 0 Å². The first-order chi connectivity index (χ1) is 16.0. The van der Waals surface area contributed by atoms with Gasteiger partial charge < -0.3 is 24.8 Å². The summed E-state index contributed by atoms with van der Waals surface area (Å²) in [5.74, 6) is 1.53. The van der Waals surface area contributed by atoms with Gasteiger partial charge in [-0.1, -0.05) is 58.9 Å². The number of hydrogen-bond acceptors (Lipinski definition) is 5. The third kappa shape index (κ3) is 6.53. The van der Waals surface area contributed by atoms with Crippen molar-refractivity contribution in [2.24, 2.45) is 5.41 Å². The Labute approximate surface area is 205 Å². The van der Waals surface area contributed by atoms with E-state index in [4.69, 9.17) is 9.47 Å². The molecule has 0 spiro atoms. The van der Waals surface area contributed by atoms with E-state index in [0.717, 1.165) is 35.5 Å². The molecular weight excluding hydrogens is 428 g/mol. The molecule has 0 fully saturated rings. The van der Waals surface area contributed by atoms with Crippen LogP contribution in [0.15, 0.2) is 36.4 Å². The van der Waals surface area contributed by atoms with E-state index < -0.39 is 12.2 Å². The van der Waals surface area contributed by atoms with Gasteiger partial charge in [-0.25, -0.2) is 0 Å². The Morgan fingerprint density at radius 1 is 0.853 bits per heavy atom. The first-order valence-electron chi connectivity index (χ1n) is 12.4. The van der Waals surface area contributed by atoms with Gasteiger partial charge in [-0.3, -0.25) is 0 Å². The second-order valence-corrected chi connectivity index (χ2v) is 10.4. The zero-order valence-corrected chi connectivity index (χ0v) is 22.0. The van der Waals surface area contributed by atoms with E-state index in [0.29, 0.717) is 6.42 Å². The maximum Gasteiger partial charge on any atom is 0.124 e. The minimum atomic E-state index is -0.538. The number of ether oxygens (including phenoxy) is 2. The van der Waals surface area contributed by atoms with Crippen LogP contribution in [0.2, 0.25) is 0 Å². The lowest BCUT2D eigenvalue weighted by atomic mass is 9.70. The third-order valence-corrected chi connectivity index (χ3v) is 7.01. The first kappa shape index (κ1) is 28.2. The SMILES string of the molecule is CCC(CC)(c1ccc(OC[C@H](O)C(C)(C)C)c(C)c1)c1ccc(O[C@H](CO)CCO)c(C)c1. The summed E-state index contributed by atoms with van der Waals surface area (Å²) in [5, 5.41) is 29.0. The van der Waals surface area contributed by atoms with Crippen LogP contribution in [0.5, 0.6) is 11.5 Å².